The Morgan fingerprint density at radius 1 is 1.16 bits per heavy atom. The number of H-pyrrole nitrogens is 1. The third-order valence-electron chi connectivity index (χ3n) is 4.72. The minimum atomic E-state index is -0.511. The van der Waals surface area contributed by atoms with Gasteiger partial charge in [0.1, 0.15) is 5.60 Å². The molecule has 2 atom stereocenters. The molecule has 2 bridgehead atoms. The van der Waals surface area contributed by atoms with E-state index in [9.17, 15) is 9.59 Å². The number of hydrogen-bond donors (Lipinski definition) is 1. The summed E-state index contributed by atoms with van der Waals surface area (Å²) in [5, 5.41) is 0. The zero-order valence-corrected chi connectivity index (χ0v) is 14.7. The van der Waals surface area contributed by atoms with Gasteiger partial charge in [0.2, 0.25) is 0 Å². The molecule has 1 aromatic heterocycles. The Kier molecular flexibility index (Phi) is 3.49. The molecule has 2 amide bonds. The van der Waals surface area contributed by atoms with Gasteiger partial charge in [-0.3, -0.25) is 4.79 Å². The number of carbonyl (C=O) groups is 2. The van der Waals surface area contributed by atoms with Crippen LogP contribution in [-0.4, -0.2) is 62.5 Å². The minimum absolute atomic E-state index is 0.0215. The number of fused-ring (bicyclic) bond motifs is 3. The van der Waals surface area contributed by atoms with Crippen LogP contribution in [0.4, 0.5) is 4.79 Å². The quantitative estimate of drug-likeness (QED) is 0.863. The number of ether oxygens (including phenoxy) is 1. The Balaban J connectivity index is 1.47. The summed E-state index contributed by atoms with van der Waals surface area (Å²) in [7, 11) is 0. The second-order valence-corrected chi connectivity index (χ2v) is 7.74. The number of aromatic nitrogens is 2. The Hall–Kier alpha value is -2.57. The molecule has 0 spiro atoms. The number of rotatable bonds is 1. The summed E-state index contributed by atoms with van der Waals surface area (Å²) < 4.78 is 5.46. The zero-order valence-electron chi connectivity index (χ0n) is 14.7. The number of para-hydroxylation sites is 2. The fourth-order valence-corrected chi connectivity index (χ4v) is 3.65. The summed E-state index contributed by atoms with van der Waals surface area (Å²) in [5.41, 5.74) is 1.12. The normalized spacial score (nSPS) is 22.7. The molecule has 2 fully saturated rings. The van der Waals surface area contributed by atoms with Gasteiger partial charge in [0, 0.05) is 13.1 Å². The van der Waals surface area contributed by atoms with Crippen molar-refractivity contribution >= 4 is 23.0 Å². The topological polar surface area (TPSA) is 78.5 Å². The number of carbonyl (C=O) groups excluding carboxylic acids is 2. The Morgan fingerprint density at radius 2 is 1.84 bits per heavy atom. The summed E-state index contributed by atoms with van der Waals surface area (Å²) >= 11 is 0. The third kappa shape index (κ3) is 2.83. The van der Waals surface area contributed by atoms with Gasteiger partial charge in [-0.15, -0.1) is 0 Å². The van der Waals surface area contributed by atoms with E-state index in [0.717, 1.165) is 17.5 Å². The maximum absolute atomic E-state index is 12.8. The van der Waals surface area contributed by atoms with E-state index in [0.29, 0.717) is 18.9 Å². The number of benzene rings is 1. The van der Waals surface area contributed by atoms with Crippen molar-refractivity contribution in [3.05, 3.63) is 30.1 Å². The highest BCUT2D eigenvalue weighted by molar-refractivity contribution is 5.94. The number of aromatic amines is 1. The van der Waals surface area contributed by atoms with Gasteiger partial charge in [0.15, 0.2) is 5.82 Å². The van der Waals surface area contributed by atoms with Gasteiger partial charge in [-0.1, -0.05) is 12.1 Å². The van der Waals surface area contributed by atoms with Crippen molar-refractivity contribution in [3.8, 4) is 0 Å². The number of nitrogens with one attached hydrogen (secondary N) is 1. The average molecular weight is 342 g/mol. The van der Waals surface area contributed by atoms with E-state index in [4.69, 9.17) is 4.74 Å². The van der Waals surface area contributed by atoms with E-state index < -0.39 is 5.60 Å². The molecular weight excluding hydrogens is 320 g/mol. The van der Waals surface area contributed by atoms with E-state index in [-0.39, 0.29) is 24.1 Å². The molecule has 2 aromatic rings. The highest BCUT2D eigenvalue weighted by atomic mass is 16.6. The van der Waals surface area contributed by atoms with Crippen LogP contribution in [0.1, 0.15) is 37.8 Å². The van der Waals surface area contributed by atoms with Crippen LogP contribution < -0.4 is 0 Å². The van der Waals surface area contributed by atoms with Crippen molar-refractivity contribution in [1.29, 1.82) is 0 Å². The fraction of sp³-hybridized carbons (Fsp3) is 0.500. The van der Waals surface area contributed by atoms with Crippen LogP contribution >= 0.6 is 0 Å². The molecule has 25 heavy (non-hydrogen) atoms. The van der Waals surface area contributed by atoms with E-state index in [1.807, 2.05) is 49.9 Å². The number of amides is 2. The molecule has 0 saturated carbocycles. The number of likely N-dealkylation sites (tertiary alicyclic amines) is 2. The van der Waals surface area contributed by atoms with Gasteiger partial charge in [0.25, 0.3) is 5.91 Å². The van der Waals surface area contributed by atoms with E-state index >= 15 is 0 Å². The number of nitrogens with zero attached hydrogens (tertiary/aromatic N) is 3. The lowest BCUT2D eigenvalue weighted by molar-refractivity contribution is 0.0125. The van der Waals surface area contributed by atoms with Crippen molar-refractivity contribution in [2.24, 2.45) is 0 Å². The van der Waals surface area contributed by atoms with Crippen LogP contribution in [-0.2, 0) is 4.74 Å². The first-order valence-electron chi connectivity index (χ1n) is 8.57. The maximum Gasteiger partial charge on any atom is 0.410 e. The maximum atomic E-state index is 12.8. The molecule has 2 saturated heterocycles. The number of piperazine rings is 1. The molecule has 4 rings (SSSR count). The van der Waals surface area contributed by atoms with Crippen molar-refractivity contribution < 1.29 is 14.3 Å². The minimum Gasteiger partial charge on any atom is -0.444 e. The van der Waals surface area contributed by atoms with Crippen LogP contribution in [0.3, 0.4) is 0 Å². The second kappa shape index (κ2) is 5.47. The van der Waals surface area contributed by atoms with Crippen LogP contribution in [0.2, 0.25) is 0 Å². The first-order valence-corrected chi connectivity index (χ1v) is 8.57. The van der Waals surface area contributed by atoms with Crippen LogP contribution in [0, 0.1) is 0 Å². The molecule has 1 N–H and O–H groups in total. The monoisotopic (exact) mass is 342 g/mol. The van der Waals surface area contributed by atoms with Gasteiger partial charge in [-0.25, -0.2) is 9.78 Å². The van der Waals surface area contributed by atoms with Crippen LogP contribution in [0.25, 0.3) is 11.0 Å². The van der Waals surface area contributed by atoms with Crippen LogP contribution in [0.5, 0.6) is 0 Å². The van der Waals surface area contributed by atoms with Crippen molar-refractivity contribution in [3.63, 3.8) is 0 Å². The second-order valence-electron chi connectivity index (χ2n) is 7.74. The standard InChI is InChI=1S/C18H22N4O3/c1-18(2,3)25-17(24)22-10-11-8-12(22)9-21(11)16(23)15-19-13-6-4-5-7-14(13)20-15/h4-7,11-12H,8-10H2,1-3H3,(H,19,20)/t11-,12-/m0/s1. The van der Waals surface area contributed by atoms with E-state index in [1.165, 1.54) is 0 Å². The van der Waals surface area contributed by atoms with E-state index in [1.54, 1.807) is 4.90 Å². The predicted octanol–water partition coefficient (Wildman–Crippen LogP) is 2.40. The van der Waals surface area contributed by atoms with Gasteiger partial charge in [-0.05, 0) is 39.3 Å². The molecule has 132 valence electrons. The van der Waals surface area contributed by atoms with Gasteiger partial charge >= 0.3 is 6.09 Å². The zero-order chi connectivity index (χ0) is 17.8. The first kappa shape index (κ1) is 15.9. The summed E-state index contributed by atoms with van der Waals surface area (Å²) in [6.07, 6.45) is 0.501. The first-order chi connectivity index (χ1) is 11.8. The molecule has 2 aliphatic heterocycles. The van der Waals surface area contributed by atoms with Gasteiger partial charge in [-0.2, -0.15) is 0 Å². The Morgan fingerprint density at radius 3 is 2.48 bits per heavy atom. The van der Waals surface area contributed by atoms with Crippen molar-refractivity contribution in [2.45, 2.75) is 44.9 Å². The van der Waals surface area contributed by atoms with Gasteiger partial charge in [0.05, 0.1) is 23.1 Å². The lowest BCUT2D eigenvalue weighted by Crippen LogP contribution is -2.51. The number of hydrogen-bond acceptors (Lipinski definition) is 4. The molecule has 0 unspecified atom stereocenters. The summed E-state index contributed by atoms with van der Waals surface area (Å²) in [6.45, 7) is 6.62. The van der Waals surface area contributed by atoms with E-state index in [2.05, 4.69) is 9.97 Å². The fourth-order valence-electron chi connectivity index (χ4n) is 3.65. The molecule has 3 heterocycles. The highest BCUT2D eigenvalue weighted by Gasteiger charge is 2.48. The van der Waals surface area contributed by atoms with Crippen LogP contribution in [0.15, 0.2) is 24.3 Å². The van der Waals surface area contributed by atoms with Gasteiger partial charge < -0.3 is 19.5 Å². The average Bonchev–Trinajstić information content (AvgIpc) is 3.25. The summed E-state index contributed by atoms with van der Waals surface area (Å²) in [5.74, 6) is 0.255. The Labute approximate surface area is 146 Å². The lowest BCUT2D eigenvalue weighted by atomic mass is 10.2. The summed E-state index contributed by atoms with van der Waals surface area (Å²) in [4.78, 5) is 36.2. The molecule has 7 nitrogen and oxygen atoms in total. The Bertz CT molecular complexity index is 805. The third-order valence-corrected chi connectivity index (χ3v) is 4.72. The smallest absolute Gasteiger partial charge is 0.410 e. The molecule has 7 heteroatoms. The predicted molar refractivity (Wildman–Crippen MR) is 92.3 cm³/mol. The number of imidazole rings is 1. The molecule has 1 aromatic carbocycles. The lowest BCUT2D eigenvalue weighted by Gasteiger charge is -2.34. The molecule has 0 aliphatic carbocycles. The molecular formula is C18H22N4O3. The SMILES string of the molecule is CC(C)(C)OC(=O)N1C[C@@H]2C[C@H]1CN2C(=O)c1nc2ccccc2[nH]1. The largest absolute Gasteiger partial charge is 0.444 e. The van der Waals surface area contributed by atoms with Crippen molar-refractivity contribution in [2.75, 3.05) is 13.1 Å². The molecule has 0 radical (unpaired) electrons. The molecule has 2 aliphatic rings. The van der Waals surface area contributed by atoms with Crippen molar-refractivity contribution in [1.82, 2.24) is 19.8 Å². The highest BCUT2D eigenvalue weighted by Crippen LogP contribution is 2.32. The summed E-state index contributed by atoms with van der Waals surface area (Å²) in [6, 6.07) is 7.63.